The number of amides is 1. The van der Waals surface area contributed by atoms with E-state index in [0.29, 0.717) is 36.0 Å². The second-order valence-corrected chi connectivity index (χ2v) is 6.48. The van der Waals surface area contributed by atoms with Crippen molar-refractivity contribution in [2.75, 3.05) is 17.2 Å². The van der Waals surface area contributed by atoms with E-state index in [9.17, 15) is 9.18 Å². The summed E-state index contributed by atoms with van der Waals surface area (Å²) in [6.07, 6.45) is 3.92. The van der Waals surface area contributed by atoms with E-state index in [4.69, 9.17) is 0 Å². The largest absolute Gasteiger partial charge is 0.354 e. The first-order valence-corrected chi connectivity index (χ1v) is 9.20. The van der Waals surface area contributed by atoms with Crippen LogP contribution in [-0.4, -0.2) is 32.4 Å². The summed E-state index contributed by atoms with van der Waals surface area (Å²) in [5, 5.41) is 5.85. The molecule has 3 N–H and O–H groups in total. The third-order valence-corrected chi connectivity index (χ3v) is 4.33. The first-order chi connectivity index (χ1) is 14.2. The van der Waals surface area contributed by atoms with Gasteiger partial charge in [-0.25, -0.2) is 19.3 Å². The average Bonchev–Trinajstić information content (AvgIpc) is 3.12. The van der Waals surface area contributed by atoms with Crippen molar-refractivity contribution in [2.45, 2.75) is 12.8 Å². The lowest BCUT2D eigenvalue weighted by Crippen LogP contribution is -2.16. The van der Waals surface area contributed by atoms with Crippen molar-refractivity contribution < 1.29 is 9.18 Å². The molecule has 0 bridgehead atoms. The van der Waals surface area contributed by atoms with Crippen LogP contribution in [0.4, 0.5) is 16.0 Å². The number of hydrogen-bond donors (Lipinski definition) is 3. The Balaban J connectivity index is 1.37. The van der Waals surface area contributed by atoms with Gasteiger partial charge in [0.25, 0.3) is 0 Å². The molecule has 2 aromatic heterocycles. The van der Waals surface area contributed by atoms with Gasteiger partial charge in [0.2, 0.25) is 11.9 Å². The van der Waals surface area contributed by atoms with Crippen molar-refractivity contribution >= 4 is 28.6 Å². The minimum atomic E-state index is -0.254. The van der Waals surface area contributed by atoms with Crippen molar-refractivity contribution in [3.63, 3.8) is 0 Å². The van der Waals surface area contributed by atoms with Crippen molar-refractivity contribution in [1.29, 1.82) is 0 Å². The number of imidazole rings is 1. The summed E-state index contributed by atoms with van der Waals surface area (Å²) in [4.78, 5) is 27.9. The van der Waals surface area contributed by atoms with Crippen LogP contribution in [0.25, 0.3) is 11.0 Å². The molecule has 0 saturated heterocycles. The molecule has 0 unspecified atom stereocenters. The molecule has 2 heterocycles. The number of carbonyl (C=O) groups excluding carboxylic acids is 1. The third kappa shape index (κ3) is 4.73. The van der Waals surface area contributed by atoms with Crippen molar-refractivity contribution in [2.24, 2.45) is 0 Å². The van der Waals surface area contributed by atoms with Gasteiger partial charge in [0.1, 0.15) is 11.6 Å². The van der Waals surface area contributed by atoms with Gasteiger partial charge in [-0.05, 0) is 35.9 Å². The molecule has 4 rings (SSSR count). The SMILES string of the molecule is O=C(CCNc1ncccn1)Nc1ccc2nc(Cc3ccccc3F)[nH]c2c1. The fourth-order valence-electron chi connectivity index (χ4n) is 2.95. The summed E-state index contributed by atoms with van der Waals surface area (Å²) in [5.41, 5.74) is 2.79. The highest BCUT2D eigenvalue weighted by molar-refractivity contribution is 5.93. The Morgan fingerprint density at radius 3 is 2.72 bits per heavy atom. The van der Waals surface area contributed by atoms with Crippen LogP contribution < -0.4 is 10.6 Å². The Morgan fingerprint density at radius 2 is 1.90 bits per heavy atom. The van der Waals surface area contributed by atoms with Gasteiger partial charge in [0.15, 0.2) is 0 Å². The molecule has 0 aliphatic heterocycles. The lowest BCUT2D eigenvalue weighted by molar-refractivity contribution is -0.115. The van der Waals surface area contributed by atoms with Gasteiger partial charge in [-0.2, -0.15) is 0 Å². The van der Waals surface area contributed by atoms with Gasteiger partial charge in [-0.3, -0.25) is 4.79 Å². The number of nitrogens with zero attached hydrogens (tertiary/aromatic N) is 3. The molecular formula is C21H19FN6O. The number of aromatic nitrogens is 4. The van der Waals surface area contributed by atoms with Gasteiger partial charge in [0, 0.05) is 37.5 Å². The van der Waals surface area contributed by atoms with Crippen LogP contribution in [0.3, 0.4) is 0 Å². The number of fused-ring (bicyclic) bond motifs is 1. The molecule has 1 amide bonds. The van der Waals surface area contributed by atoms with E-state index in [0.717, 1.165) is 11.0 Å². The normalized spacial score (nSPS) is 10.8. The first-order valence-electron chi connectivity index (χ1n) is 9.20. The average molecular weight is 390 g/mol. The zero-order chi connectivity index (χ0) is 20.1. The quantitative estimate of drug-likeness (QED) is 0.449. The fraction of sp³-hybridized carbons (Fsp3) is 0.143. The van der Waals surface area contributed by atoms with Gasteiger partial charge >= 0.3 is 0 Å². The second-order valence-electron chi connectivity index (χ2n) is 6.48. The summed E-state index contributed by atoms with van der Waals surface area (Å²) in [5.74, 6) is 0.775. The number of hydrogen-bond acceptors (Lipinski definition) is 5. The summed E-state index contributed by atoms with van der Waals surface area (Å²) in [7, 11) is 0. The third-order valence-electron chi connectivity index (χ3n) is 4.33. The molecule has 2 aromatic carbocycles. The Morgan fingerprint density at radius 1 is 1.07 bits per heavy atom. The second kappa shape index (κ2) is 8.47. The molecule has 0 radical (unpaired) electrons. The lowest BCUT2D eigenvalue weighted by Gasteiger charge is -2.06. The topological polar surface area (TPSA) is 95.6 Å². The van der Waals surface area contributed by atoms with Gasteiger partial charge in [0.05, 0.1) is 11.0 Å². The van der Waals surface area contributed by atoms with Crippen LogP contribution >= 0.6 is 0 Å². The minimum Gasteiger partial charge on any atom is -0.354 e. The zero-order valence-corrected chi connectivity index (χ0v) is 15.5. The maximum Gasteiger partial charge on any atom is 0.226 e. The Bertz CT molecular complexity index is 1130. The number of carbonyl (C=O) groups is 1. The highest BCUT2D eigenvalue weighted by Gasteiger charge is 2.09. The molecule has 0 saturated carbocycles. The standard InChI is InChI=1S/C21H19FN6O/c22-16-5-2-1-4-14(16)12-19-27-17-7-6-15(13-18(17)28-19)26-20(29)8-11-25-21-23-9-3-10-24-21/h1-7,9-10,13H,8,11-12H2,(H,26,29)(H,27,28)(H,23,24,25). The highest BCUT2D eigenvalue weighted by atomic mass is 19.1. The van der Waals surface area contributed by atoms with Gasteiger partial charge in [-0.15, -0.1) is 0 Å². The molecule has 0 aliphatic rings. The maximum absolute atomic E-state index is 13.8. The molecule has 0 aliphatic carbocycles. The number of nitrogens with one attached hydrogen (secondary N) is 3. The van der Waals surface area contributed by atoms with Gasteiger partial charge in [-0.1, -0.05) is 18.2 Å². The van der Waals surface area contributed by atoms with E-state index < -0.39 is 0 Å². The number of H-pyrrole nitrogens is 1. The summed E-state index contributed by atoms with van der Waals surface area (Å²) in [6.45, 7) is 0.426. The zero-order valence-electron chi connectivity index (χ0n) is 15.5. The molecule has 8 heteroatoms. The first kappa shape index (κ1) is 18.5. The molecule has 29 heavy (non-hydrogen) atoms. The van der Waals surface area contributed by atoms with Crippen molar-refractivity contribution in [1.82, 2.24) is 19.9 Å². The fourth-order valence-corrected chi connectivity index (χ4v) is 2.95. The Hall–Kier alpha value is -3.81. The molecule has 4 aromatic rings. The number of aromatic amines is 1. The Labute approximate surface area is 166 Å². The van der Waals surface area contributed by atoms with Crippen LogP contribution in [0.1, 0.15) is 17.8 Å². The molecule has 7 nitrogen and oxygen atoms in total. The van der Waals surface area contributed by atoms with Crippen LogP contribution in [-0.2, 0) is 11.2 Å². The summed E-state index contributed by atoms with van der Waals surface area (Å²) >= 11 is 0. The van der Waals surface area contributed by atoms with Crippen LogP contribution in [0, 0.1) is 5.82 Å². The van der Waals surface area contributed by atoms with Crippen molar-refractivity contribution in [3.05, 3.63) is 78.1 Å². The molecule has 146 valence electrons. The van der Waals surface area contributed by atoms with E-state index in [-0.39, 0.29) is 18.1 Å². The molecular weight excluding hydrogens is 371 g/mol. The predicted molar refractivity (Wildman–Crippen MR) is 109 cm³/mol. The monoisotopic (exact) mass is 390 g/mol. The van der Waals surface area contributed by atoms with Gasteiger partial charge < -0.3 is 15.6 Å². The summed E-state index contributed by atoms with van der Waals surface area (Å²) < 4.78 is 13.8. The molecule has 0 spiro atoms. The van der Waals surface area contributed by atoms with Crippen LogP contribution in [0.5, 0.6) is 0 Å². The Kier molecular flexibility index (Phi) is 5.42. The number of anilines is 2. The van der Waals surface area contributed by atoms with Crippen LogP contribution in [0.15, 0.2) is 60.9 Å². The van der Waals surface area contributed by atoms with Crippen LogP contribution in [0.2, 0.25) is 0 Å². The molecule has 0 atom stereocenters. The van der Waals surface area contributed by atoms with E-state index in [1.807, 2.05) is 12.1 Å². The van der Waals surface area contributed by atoms with E-state index >= 15 is 0 Å². The van der Waals surface area contributed by atoms with E-state index in [2.05, 4.69) is 30.6 Å². The number of benzene rings is 2. The minimum absolute atomic E-state index is 0.126. The smallest absolute Gasteiger partial charge is 0.226 e. The van der Waals surface area contributed by atoms with E-state index in [1.165, 1.54) is 6.07 Å². The molecule has 0 fully saturated rings. The van der Waals surface area contributed by atoms with E-state index in [1.54, 1.807) is 42.7 Å². The lowest BCUT2D eigenvalue weighted by atomic mass is 10.1. The number of rotatable bonds is 7. The predicted octanol–water partition coefficient (Wildman–Crippen LogP) is 3.52. The summed E-state index contributed by atoms with van der Waals surface area (Å²) in [6, 6.07) is 13.8. The van der Waals surface area contributed by atoms with Crippen molar-refractivity contribution in [3.8, 4) is 0 Å². The highest BCUT2D eigenvalue weighted by Crippen LogP contribution is 2.19. The maximum atomic E-state index is 13.8. The number of halogens is 1.